The summed E-state index contributed by atoms with van der Waals surface area (Å²) in [6, 6.07) is 6.27. The third kappa shape index (κ3) is 2.15. The molecule has 0 atom stereocenters. The van der Waals surface area contributed by atoms with Crippen molar-refractivity contribution >= 4 is 0 Å². The lowest BCUT2D eigenvalue weighted by molar-refractivity contribution is 0.238. The van der Waals surface area contributed by atoms with Crippen LogP contribution in [0.2, 0.25) is 0 Å². The van der Waals surface area contributed by atoms with Gasteiger partial charge in [-0.05, 0) is 39.7 Å². The van der Waals surface area contributed by atoms with E-state index < -0.39 is 0 Å². The molecule has 0 heterocycles. The van der Waals surface area contributed by atoms with Gasteiger partial charge < -0.3 is 10.5 Å². The second kappa shape index (κ2) is 3.53. The number of hydrogen-bond acceptors (Lipinski definition) is 2. The van der Waals surface area contributed by atoms with Crippen molar-refractivity contribution in [2.24, 2.45) is 5.73 Å². The summed E-state index contributed by atoms with van der Waals surface area (Å²) >= 11 is 0. The third-order valence-corrected chi connectivity index (χ3v) is 2.82. The van der Waals surface area contributed by atoms with Crippen LogP contribution in [0, 0.1) is 6.92 Å². The molecule has 1 aliphatic rings. The molecule has 15 heavy (non-hydrogen) atoms. The smallest absolute Gasteiger partial charge is 0.124 e. The number of hydrogen-bond donors (Lipinski definition) is 1. The predicted molar refractivity (Wildman–Crippen MR) is 62.0 cm³/mol. The van der Waals surface area contributed by atoms with Crippen LogP contribution in [0.1, 0.15) is 37.8 Å². The summed E-state index contributed by atoms with van der Waals surface area (Å²) in [5.74, 6) is 0.954. The zero-order valence-electron chi connectivity index (χ0n) is 9.71. The topological polar surface area (TPSA) is 35.2 Å². The van der Waals surface area contributed by atoms with Gasteiger partial charge in [0, 0.05) is 11.1 Å². The van der Waals surface area contributed by atoms with Crippen LogP contribution < -0.4 is 10.5 Å². The highest BCUT2D eigenvalue weighted by Gasteiger charge is 2.42. The van der Waals surface area contributed by atoms with Gasteiger partial charge in [0.2, 0.25) is 0 Å². The van der Waals surface area contributed by atoms with Crippen molar-refractivity contribution in [3.63, 3.8) is 0 Å². The van der Waals surface area contributed by atoms with E-state index in [9.17, 15) is 0 Å². The van der Waals surface area contributed by atoms with Gasteiger partial charge in [0.15, 0.2) is 0 Å². The van der Waals surface area contributed by atoms with Crippen molar-refractivity contribution in [3.05, 3.63) is 29.3 Å². The molecule has 0 spiro atoms. The zero-order chi connectivity index (χ0) is 11.1. The van der Waals surface area contributed by atoms with Gasteiger partial charge in [-0.15, -0.1) is 0 Å². The minimum Gasteiger partial charge on any atom is -0.491 e. The van der Waals surface area contributed by atoms with Crippen LogP contribution in [-0.2, 0) is 5.54 Å². The first kappa shape index (κ1) is 10.5. The van der Waals surface area contributed by atoms with E-state index in [0.717, 1.165) is 18.6 Å². The Morgan fingerprint density at radius 2 is 2.00 bits per heavy atom. The fourth-order valence-corrected chi connectivity index (χ4v) is 1.79. The van der Waals surface area contributed by atoms with E-state index in [1.807, 2.05) is 19.9 Å². The quantitative estimate of drug-likeness (QED) is 0.823. The second-order valence-electron chi connectivity index (χ2n) is 4.82. The number of aryl methyl sites for hydroxylation is 1. The molecular weight excluding hydrogens is 186 g/mol. The standard InChI is InChI=1S/C13H19NO/c1-9(2)15-12-5-4-10(3)8-11(12)13(14)6-7-13/h4-5,8-9H,6-7,14H2,1-3H3. The van der Waals surface area contributed by atoms with Gasteiger partial charge >= 0.3 is 0 Å². The minimum absolute atomic E-state index is 0.115. The van der Waals surface area contributed by atoms with Crippen LogP contribution >= 0.6 is 0 Å². The Kier molecular flexibility index (Phi) is 2.47. The van der Waals surface area contributed by atoms with E-state index in [4.69, 9.17) is 10.5 Å². The van der Waals surface area contributed by atoms with E-state index in [-0.39, 0.29) is 11.6 Å². The number of rotatable bonds is 3. The Balaban J connectivity index is 2.36. The SMILES string of the molecule is Cc1ccc(OC(C)C)c(C2(N)CC2)c1. The van der Waals surface area contributed by atoms with E-state index in [1.165, 1.54) is 11.1 Å². The maximum atomic E-state index is 6.23. The fourth-order valence-electron chi connectivity index (χ4n) is 1.79. The highest BCUT2D eigenvalue weighted by atomic mass is 16.5. The van der Waals surface area contributed by atoms with Crippen molar-refractivity contribution in [1.82, 2.24) is 0 Å². The van der Waals surface area contributed by atoms with Gasteiger partial charge in [0.05, 0.1) is 6.10 Å². The van der Waals surface area contributed by atoms with Gasteiger partial charge in [-0.25, -0.2) is 0 Å². The first-order valence-electron chi connectivity index (χ1n) is 5.58. The molecule has 2 rings (SSSR count). The fraction of sp³-hybridized carbons (Fsp3) is 0.538. The van der Waals surface area contributed by atoms with Crippen LogP contribution in [0.15, 0.2) is 18.2 Å². The Labute approximate surface area is 91.4 Å². The van der Waals surface area contributed by atoms with Gasteiger partial charge in [0.25, 0.3) is 0 Å². The average Bonchev–Trinajstić information content (AvgIpc) is 2.87. The molecule has 1 aliphatic carbocycles. The Morgan fingerprint density at radius 3 is 2.53 bits per heavy atom. The summed E-state index contributed by atoms with van der Waals surface area (Å²) in [6.07, 6.45) is 2.35. The Bertz CT molecular complexity index is 367. The summed E-state index contributed by atoms with van der Waals surface area (Å²) in [5.41, 5.74) is 8.54. The first-order chi connectivity index (χ1) is 7.01. The Hall–Kier alpha value is -1.02. The number of nitrogens with two attached hydrogens (primary N) is 1. The molecule has 0 bridgehead atoms. The summed E-state index contributed by atoms with van der Waals surface area (Å²) in [6.45, 7) is 6.17. The molecule has 0 aromatic heterocycles. The molecule has 2 nitrogen and oxygen atoms in total. The highest BCUT2D eigenvalue weighted by Crippen LogP contribution is 2.46. The molecule has 0 unspecified atom stereocenters. The summed E-state index contributed by atoms with van der Waals surface area (Å²) < 4.78 is 5.79. The van der Waals surface area contributed by atoms with Crippen molar-refractivity contribution in [2.45, 2.75) is 45.3 Å². The minimum atomic E-state index is -0.115. The van der Waals surface area contributed by atoms with E-state index in [0.29, 0.717) is 0 Å². The van der Waals surface area contributed by atoms with Crippen molar-refractivity contribution in [2.75, 3.05) is 0 Å². The van der Waals surface area contributed by atoms with Crippen LogP contribution in [0.5, 0.6) is 5.75 Å². The molecule has 0 saturated heterocycles. The molecule has 0 radical (unpaired) electrons. The maximum absolute atomic E-state index is 6.23. The van der Waals surface area contributed by atoms with Gasteiger partial charge in [-0.1, -0.05) is 17.7 Å². The third-order valence-electron chi connectivity index (χ3n) is 2.82. The molecule has 2 heteroatoms. The van der Waals surface area contributed by atoms with Crippen LogP contribution in [0.4, 0.5) is 0 Å². The van der Waals surface area contributed by atoms with Crippen molar-refractivity contribution in [3.8, 4) is 5.75 Å². The predicted octanol–water partition coefficient (Wildman–Crippen LogP) is 2.73. The Morgan fingerprint density at radius 1 is 1.33 bits per heavy atom. The monoisotopic (exact) mass is 205 g/mol. The average molecular weight is 205 g/mol. The summed E-state index contributed by atoms with van der Waals surface area (Å²) in [4.78, 5) is 0. The van der Waals surface area contributed by atoms with Crippen LogP contribution in [0.3, 0.4) is 0 Å². The van der Waals surface area contributed by atoms with E-state index in [2.05, 4.69) is 19.1 Å². The molecule has 1 saturated carbocycles. The zero-order valence-corrected chi connectivity index (χ0v) is 9.71. The van der Waals surface area contributed by atoms with Crippen LogP contribution in [0.25, 0.3) is 0 Å². The molecule has 1 aromatic rings. The van der Waals surface area contributed by atoms with Gasteiger partial charge in [-0.2, -0.15) is 0 Å². The van der Waals surface area contributed by atoms with Gasteiger partial charge in [0.1, 0.15) is 5.75 Å². The van der Waals surface area contributed by atoms with Crippen molar-refractivity contribution in [1.29, 1.82) is 0 Å². The number of benzene rings is 1. The lowest BCUT2D eigenvalue weighted by Gasteiger charge is -2.18. The van der Waals surface area contributed by atoms with E-state index in [1.54, 1.807) is 0 Å². The highest BCUT2D eigenvalue weighted by molar-refractivity contribution is 5.44. The lowest BCUT2D eigenvalue weighted by Crippen LogP contribution is -2.21. The summed E-state index contributed by atoms with van der Waals surface area (Å²) in [7, 11) is 0. The number of ether oxygens (including phenoxy) is 1. The molecule has 1 fully saturated rings. The molecule has 82 valence electrons. The van der Waals surface area contributed by atoms with E-state index >= 15 is 0 Å². The molecular formula is C13H19NO. The first-order valence-corrected chi connectivity index (χ1v) is 5.58. The largest absolute Gasteiger partial charge is 0.491 e. The molecule has 0 amide bonds. The molecule has 1 aromatic carbocycles. The lowest BCUT2D eigenvalue weighted by atomic mass is 10.0. The molecule has 2 N–H and O–H groups in total. The maximum Gasteiger partial charge on any atom is 0.124 e. The molecule has 0 aliphatic heterocycles. The van der Waals surface area contributed by atoms with Crippen LogP contribution in [-0.4, -0.2) is 6.10 Å². The van der Waals surface area contributed by atoms with Crippen molar-refractivity contribution < 1.29 is 4.74 Å². The summed E-state index contributed by atoms with van der Waals surface area (Å²) in [5, 5.41) is 0. The van der Waals surface area contributed by atoms with Gasteiger partial charge in [-0.3, -0.25) is 0 Å². The second-order valence-corrected chi connectivity index (χ2v) is 4.82. The normalized spacial score (nSPS) is 17.9.